The van der Waals surface area contributed by atoms with Crippen molar-refractivity contribution >= 4 is 5.91 Å². The lowest BCUT2D eigenvalue weighted by atomic mass is 9.88. The van der Waals surface area contributed by atoms with E-state index in [1.54, 1.807) is 0 Å². The maximum atomic E-state index is 12.9. The van der Waals surface area contributed by atoms with Gasteiger partial charge < -0.3 is 9.80 Å². The van der Waals surface area contributed by atoms with Gasteiger partial charge in [0.1, 0.15) is 0 Å². The Morgan fingerprint density at radius 1 is 1.24 bits per heavy atom. The Labute approximate surface area is 125 Å². The number of hydrogen-bond acceptors (Lipinski definition) is 4. The Hall–Kier alpha value is -1.43. The largest absolute Gasteiger partial charge is 0.341 e. The van der Waals surface area contributed by atoms with Crippen LogP contribution in [0.3, 0.4) is 0 Å². The topological polar surface area (TPSA) is 65.1 Å². The predicted octanol–water partition coefficient (Wildman–Crippen LogP) is 1.17. The normalized spacial score (nSPS) is 23.7. The van der Waals surface area contributed by atoms with Crippen LogP contribution in [-0.4, -0.2) is 63.8 Å². The van der Waals surface area contributed by atoms with Crippen LogP contribution >= 0.6 is 0 Å². The molecule has 0 bridgehead atoms. The number of amides is 1. The van der Waals surface area contributed by atoms with E-state index in [9.17, 15) is 4.79 Å². The van der Waals surface area contributed by atoms with E-state index in [1.165, 1.54) is 6.42 Å². The van der Waals surface area contributed by atoms with Crippen LogP contribution in [0.2, 0.25) is 0 Å². The molecule has 2 aliphatic rings. The van der Waals surface area contributed by atoms with Crippen molar-refractivity contribution in [2.75, 3.05) is 32.7 Å². The third kappa shape index (κ3) is 3.10. The summed E-state index contributed by atoms with van der Waals surface area (Å²) in [4.78, 5) is 17.4. The van der Waals surface area contributed by atoms with Crippen molar-refractivity contribution in [1.82, 2.24) is 25.2 Å². The smallest absolute Gasteiger partial charge is 0.231 e. The molecule has 1 aliphatic carbocycles. The van der Waals surface area contributed by atoms with Gasteiger partial charge in [-0.2, -0.15) is 15.4 Å². The molecule has 116 valence electrons. The first-order valence-corrected chi connectivity index (χ1v) is 8.20. The van der Waals surface area contributed by atoms with Gasteiger partial charge >= 0.3 is 0 Å². The maximum absolute atomic E-state index is 12.9. The second-order valence-electron chi connectivity index (χ2n) is 6.12. The number of aromatic nitrogens is 3. The van der Waals surface area contributed by atoms with Crippen LogP contribution in [-0.2, 0) is 11.2 Å². The first kappa shape index (κ1) is 14.5. The Kier molecular flexibility index (Phi) is 4.53. The second-order valence-corrected chi connectivity index (χ2v) is 6.12. The average Bonchev–Trinajstić information content (AvgIpc) is 2.86. The van der Waals surface area contributed by atoms with Crippen molar-refractivity contribution in [2.24, 2.45) is 0 Å². The molecule has 0 saturated carbocycles. The van der Waals surface area contributed by atoms with Crippen LogP contribution in [0, 0.1) is 0 Å². The standard InChI is InChI=1S/C15H25N5O/c1-2-7-19-8-4-9-20(11-10-19)15(21)12-5-3-6-13-14(12)17-18-16-13/h12H,2-11H2,1H3,(H,16,17,18). The number of nitrogens with one attached hydrogen (secondary N) is 1. The Balaban J connectivity index is 1.66. The third-order valence-corrected chi connectivity index (χ3v) is 4.63. The minimum absolute atomic E-state index is 0.0785. The van der Waals surface area contributed by atoms with E-state index in [4.69, 9.17) is 0 Å². The van der Waals surface area contributed by atoms with Crippen LogP contribution in [0.1, 0.15) is 49.9 Å². The van der Waals surface area contributed by atoms with Crippen LogP contribution in [0.5, 0.6) is 0 Å². The fourth-order valence-electron chi connectivity index (χ4n) is 3.53. The van der Waals surface area contributed by atoms with Crippen LogP contribution in [0.4, 0.5) is 0 Å². The molecule has 1 aromatic heterocycles. The van der Waals surface area contributed by atoms with Crippen molar-refractivity contribution < 1.29 is 4.79 Å². The van der Waals surface area contributed by atoms with Crippen molar-refractivity contribution in [2.45, 2.75) is 44.9 Å². The number of aryl methyl sites for hydroxylation is 1. The van der Waals surface area contributed by atoms with Gasteiger partial charge in [-0.1, -0.05) is 6.92 Å². The van der Waals surface area contributed by atoms with E-state index in [1.807, 2.05) is 4.90 Å². The van der Waals surface area contributed by atoms with E-state index in [-0.39, 0.29) is 11.8 Å². The van der Waals surface area contributed by atoms with Gasteiger partial charge in [-0.15, -0.1) is 0 Å². The minimum Gasteiger partial charge on any atom is -0.341 e. The molecule has 0 aromatic carbocycles. The van der Waals surface area contributed by atoms with Gasteiger partial charge in [0.15, 0.2) is 0 Å². The van der Waals surface area contributed by atoms with Crippen LogP contribution < -0.4 is 0 Å². The van der Waals surface area contributed by atoms with E-state index < -0.39 is 0 Å². The number of nitrogens with zero attached hydrogens (tertiary/aromatic N) is 4. The zero-order valence-corrected chi connectivity index (χ0v) is 12.8. The predicted molar refractivity (Wildman–Crippen MR) is 80.0 cm³/mol. The molecule has 1 saturated heterocycles. The number of fused-ring (bicyclic) bond motifs is 1. The number of carbonyl (C=O) groups is 1. The lowest BCUT2D eigenvalue weighted by Crippen LogP contribution is -2.39. The molecule has 1 fully saturated rings. The molecular weight excluding hydrogens is 266 g/mol. The highest BCUT2D eigenvalue weighted by atomic mass is 16.2. The molecule has 1 aromatic rings. The highest BCUT2D eigenvalue weighted by Gasteiger charge is 2.33. The lowest BCUT2D eigenvalue weighted by Gasteiger charge is -2.27. The number of rotatable bonds is 3. The molecule has 0 spiro atoms. The number of H-pyrrole nitrogens is 1. The summed E-state index contributed by atoms with van der Waals surface area (Å²) < 4.78 is 0. The summed E-state index contributed by atoms with van der Waals surface area (Å²) in [5.74, 6) is 0.174. The molecule has 1 amide bonds. The highest BCUT2D eigenvalue weighted by Crippen LogP contribution is 2.30. The molecule has 1 N–H and O–H groups in total. The molecule has 6 heteroatoms. The molecule has 1 aliphatic heterocycles. The maximum Gasteiger partial charge on any atom is 0.231 e. The Morgan fingerprint density at radius 2 is 2.14 bits per heavy atom. The summed E-state index contributed by atoms with van der Waals surface area (Å²) in [5.41, 5.74) is 1.88. The van der Waals surface area contributed by atoms with Crippen molar-refractivity contribution in [3.8, 4) is 0 Å². The summed E-state index contributed by atoms with van der Waals surface area (Å²) in [7, 11) is 0. The zero-order valence-electron chi connectivity index (χ0n) is 12.8. The summed E-state index contributed by atoms with van der Waals surface area (Å²) >= 11 is 0. The summed E-state index contributed by atoms with van der Waals surface area (Å²) in [6.07, 6.45) is 5.14. The van der Waals surface area contributed by atoms with Gasteiger partial charge in [-0.05, 0) is 45.2 Å². The zero-order chi connectivity index (χ0) is 14.7. The molecule has 1 unspecified atom stereocenters. The van der Waals surface area contributed by atoms with Crippen LogP contribution in [0.25, 0.3) is 0 Å². The van der Waals surface area contributed by atoms with E-state index in [0.717, 1.165) is 69.8 Å². The molecule has 21 heavy (non-hydrogen) atoms. The van der Waals surface area contributed by atoms with E-state index in [0.29, 0.717) is 0 Å². The van der Waals surface area contributed by atoms with Gasteiger partial charge in [0.25, 0.3) is 0 Å². The average molecular weight is 291 g/mol. The van der Waals surface area contributed by atoms with E-state index in [2.05, 4.69) is 27.2 Å². The number of aromatic amines is 1. The molecule has 3 rings (SSSR count). The highest BCUT2D eigenvalue weighted by molar-refractivity contribution is 5.83. The van der Waals surface area contributed by atoms with Gasteiger partial charge in [-0.3, -0.25) is 4.79 Å². The third-order valence-electron chi connectivity index (χ3n) is 4.63. The van der Waals surface area contributed by atoms with Crippen molar-refractivity contribution in [3.05, 3.63) is 11.4 Å². The quantitative estimate of drug-likeness (QED) is 0.908. The number of carbonyl (C=O) groups excluding carboxylic acids is 1. The monoisotopic (exact) mass is 291 g/mol. The van der Waals surface area contributed by atoms with E-state index >= 15 is 0 Å². The molecule has 2 heterocycles. The summed E-state index contributed by atoms with van der Waals surface area (Å²) in [5, 5.41) is 11.1. The van der Waals surface area contributed by atoms with Gasteiger partial charge in [0, 0.05) is 19.6 Å². The van der Waals surface area contributed by atoms with Gasteiger partial charge in [0.2, 0.25) is 5.91 Å². The molecular formula is C15H25N5O. The Morgan fingerprint density at radius 3 is 3.00 bits per heavy atom. The lowest BCUT2D eigenvalue weighted by molar-refractivity contribution is -0.133. The molecule has 6 nitrogen and oxygen atoms in total. The van der Waals surface area contributed by atoms with Crippen LogP contribution in [0.15, 0.2) is 0 Å². The Bertz CT molecular complexity index is 486. The van der Waals surface area contributed by atoms with Gasteiger partial charge in [0.05, 0.1) is 17.3 Å². The molecule has 1 atom stereocenters. The van der Waals surface area contributed by atoms with Crippen molar-refractivity contribution in [1.29, 1.82) is 0 Å². The summed E-state index contributed by atoms with van der Waals surface area (Å²) in [6, 6.07) is 0. The van der Waals surface area contributed by atoms with Crippen molar-refractivity contribution in [3.63, 3.8) is 0 Å². The fourth-order valence-corrected chi connectivity index (χ4v) is 3.53. The van der Waals surface area contributed by atoms with Gasteiger partial charge in [-0.25, -0.2) is 0 Å². The second kappa shape index (κ2) is 6.56. The first-order valence-electron chi connectivity index (χ1n) is 8.20. The minimum atomic E-state index is -0.0785. The SMILES string of the molecule is CCCN1CCCN(C(=O)C2CCCc3n[nH]nc32)CC1. The summed E-state index contributed by atoms with van der Waals surface area (Å²) in [6.45, 7) is 7.18. The fraction of sp³-hybridized carbons (Fsp3) is 0.800. The number of hydrogen-bond donors (Lipinski definition) is 1. The first-order chi connectivity index (χ1) is 10.3. The molecule has 0 radical (unpaired) electrons.